The Bertz CT molecular complexity index is 1050. The van der Waals surface area contributed by atoms with Crippen molar-refractivity contribution in [3.05, 3.63) is 48.0 Å². The molecule has 11 nitrogen and oxygen atoms in total. The average Bonchev–Trinajstić information content (AvgIpc) is 2.82. The van der Waals surface area contributed by atoms with E-state index in [4.69, 9.17) is 28.7 Å². The van der Waals surface area contributed by atoms with Crippen molar-refractivity contribution >= 4 is 34.5 Å². The van der Waals surface area contributed by atoms with Gasteiger partial charge in [-0.3, -0.25) is 19.6 Å². The molecule has 0 saturated heterocycles. The number of fused-ring (bicyclic) bond motifs is 1. The van der Waals surface area contributed by atoms with Crippen LogP contribution in [0.15, 0.2) is 52.4 Å². The molecule has 35 heavy (non-hydrogen) atoms. The van der Waals surface area contributed by atoms with Crippen molar-refractivity contribution in [2.75, 3.05) is 13.1 Å². The van der Waals surface area contributed by atoms with Crippen LogP contribution in [-0.2, 0) is 9.59 Å². The number of nitrogens with one attached hydrogen (secondary N) is 2. The lowest BCUT2D eigenvalue weighted by molar-refractivity contribution is -0.130. The number of nitrogens with zero attached hydrogens (tertiary/aromatic N) is 2. The van der Waals surface area contributed by atoms with Crippen molar-refractivity contribution in [2.45, 2.75) is 50.7 Å². The van der Waals surface area contributed by atoms with Crippen molar-refractivity contribution in [2.24, 2.45) is 38.7 Å². The third-order valence-electron chi connectivity index (χ3n) is 5.51. The Labute approximate surface area is 205 Å². The summed E-state index contributed by atoms with van der Waals surface area (Å²) in [5.41, 5.74) is 28.3. The van der Waals surface area contributed by atoms with Crippen LogP contribution >= 0.6 is 0 Å². The van der Waals surface area contributed by atoms with Crippen molar-refractivity contribution in [3.8, 4) is 0 Å². The van der Waals surface area contributed by atoms with Gasteiger partial charge in [0.2, 0.25) is 11.8 Å². The van der Waals surface area contributed by atoms with Gasteiger partial charge in [-0.1, -0.05) is 36.4 Å². The van der Waals surface area contributed by atoms with Crippen LogP contribution in [-0.4, -0.2) is 48.9 Å². The molecule has 0 heterocycles. The maximum Gasteiger partial charge on any atom is 0.243 e. The van der Waals surface area contributed by atoms with E-state index in [2.05, 4.69) is 20.6 Å². The smallest absolute Gasteiger partial charge is 0.243 e. The molecule has 190 valence electrons. The number of nitrogens with two attached hydrogens (primary N) is 5. The molecule has 0 aliphatic carbocycles. The van der Waals surface area contributed by atoms with Crippen molar-refractivity contribution in [1.82, 2.24) is 10.6 Å². The first-order valence-electron chi connectivity index (χ1n) is 11.6. The van der Waals surface area contributed by atoms with Gasteiger partial charge in [0.1, 0.15) is 6.04 Å². The molecule has 12 N–H and O–H groups in total. The number of hydrogen-bond donors (Lipinski definition) is 7. The fourth-order valence-corrected chi connectivity index (χ4v) is 3.58. The Kier molecular flexibility index (Phi) is 10.8. The minimum atomic E-state index is -0.796. The first kappa shape index (κ1) is 27.4. The van der Waals surface area contributed by atoms with E-state index in [1.54, 1.807) is 0 Å². The van der Waals surface area contributed by atoms with Crippen LogP contribution in [0.1, 0.15) is 44.2 Å². The van der Waals surface area contributed by atoms with E-state index in [1.807, 2.05) is 49.4 Å². The van der Waals surface area contributed by atoms with Gasteiger partial charge in [0.25, 0.3) is 0 Å². The van der Waals surface area contributed by atoms with Crippen molar-refractivity contribution < 1.29 is 9.59 Å². The number of carbonyl (C=O) groups excluding carboxylic acids is 2. The van der Waals surface area contributed by atoms with Gasteiger partial charge >= 0.3 is 0 Å². The zero-order valence-electron chi connectivity index (χ0n) is 20.1. The highest BCUT2D eigenvalue weighted by Gasteiger charge is 2.24. The molecular weight excluding hydrogens is 446 g/mol. The zero-order chi connectivity index (χ0) is 25.8. The quantitative estimate of drug-likeness (QED) is 0.117. The predicted octanol–water partition coefficient (Wildman–Crippen LogP) is -0.0637. The Morgan fingerprint density at radius 3 is 2.06 bits per heavy atom. The van der Waals surface area contributed by atoms with Crippen molar-refractivity contribution in [3.63, 3.8) is 0 Å². The van der Waals surface area contributed by atoms with E-state index in [9.17, 15) is 9.59 Å². The highest BCUT2D eigenvalue weighted by Crippen LogP contribution is 2.20. The molecule has 2 amide bonds. The molecule has 0 unspecified atom stereocenters. The second-order valence-electron chi connectivity index (χ2n) is 8.40. The third kappa shape index (κ3) is 9.49. The molecule has 0 aliphatic heterocycles. The third-order valence-corrected chi connectivity index (χ3v) is 5.51. The summed E-state index contributed by atoms with van der Waals surface area (Å²) in [6.07, 6.45) is 1.76. The lowest BCUT2D eigenvalue weighted by atomic mass is 10.0. The van der Waals surface area contributed by atoms with Gasteiger partial charge in [-0.25, -0.2) is 0 Å². The second-order valence-corrected chi connectivity index (χ2v) is 8.40. The van der Waals surface area contributed by atoms with E-state index in [1.165, 1.54) is 0 Å². The minimum absolute atomic E-state index is 0.0129. The summed E-state index contributed by atoms with van der Waals surface area (Å²) in [7, 11) is 0. The molecule has 0 bridgehead atoms. The molecule has 0 spiro atoms. The molecule has 0 radical (unpaired) electrons. The summed E-state index contributed by atoms with van der Waals surface area (Å²) in [5.74, 6) is -0.768. The van der Waals surface area contributed by atoms with Crippen LogP contribution in [0, 0.1) is 0 Å². The van der Waals surface area contributed by atoms with Crippen molar-refractivity contribution in [1.29, 1.82) is 0 Å². The topological polar surface area (TPSA) is 213 Å². The second kappa shape index (κ2) is 13.8. The van der Waals surface area contributed by atoms with Gasteiger partial charge < -0.3 is 39.3 Å². The number of benzene rings is 2. The van der Waals surface area contributed by atoms with E-state index >= 15 is 0 Å². The number of amides is 2. The Balaban J connectivity index is 2.03. The highest BCUT2D eigenvalue weighted by atomic mass is 16.2. The minimum Gasteiger partial charge on any atom is -0.370 e. The zero-order valence-corrected chi connectivity index (χ0v) is 20.1. The number of carbonyl (C=O) groups is 2. The molecule has 0 saturated carbocycles. The van der Waals surface area contributed by atoms with Gasteiger partial charge in [-0.2, -0.15) is 0 Å². The molecule has 2 rings (SSSR count). The number of guanidine groups is 2. The highest BCUT2D eigenvalue weighted by molar-refractivity contribution is 5.90. The van der Waals surface area contributed by atoms with Crippen LogP contribution in [0.5, 0.6) is 0 Å². The summed E-state index contributed by atoms with van der Waals surface area (Å²) in [6, 6.07) is 12.2. The predicted molar refractivity (Wildman–Crippen MR) is 140 cm³/mol. The van der Waals surface area contributed by atoms with Gasteiger partial charge in [0, 0.05) is 13.1 Å². The maximum absolute atomic E-state index is 13.1. The molecular formula is C24H37N9O2. The van der Waals surface area contributed by atoms with Crippen LogP contribution in [0.3, 0.4) is 0 Å². The summed E-state index contributed by atoms with van der Waals surface area (Å²) < 4.78 is 0. The number of aliphatic imine (C=N–C) groups is 2. The molecule has 0 aliphatic rings. The summed E-state index contributed by atoms with van der Waals surface area (Å²) in [5, 5.41) is 7.97. The largest absolute Gasteiger partial charge is 0.370 e. The average molecular weight is 484 g/mol. The fourth-order valence-electron chi connectivity index (χ4n) is 3.58. The lowest BCUT2D eigenvalue weighted by Gasteiger charge is -2.23. The summed E-state index contributed by atoms with van der Waals surface area (Å²) >= 11 is 0. The van der Waals surface area contributed by atoms with Crippen LogP contribution in [0.2, 0.25) is 0 Å². The van der Waals surface area contributed by atoms with Crippen LogP contribution in [0.4, 0.5) is 0 Å². The molecule has 3 atom stereocenters. The van der Waals surface area contributed by atoms with Crippen LogP contribution in [0.25, 0.3) is 10.8 Å². The standard InChI is InChI=1S/C24H37N9O2/c1-15(17-11-10-16-6-2-3-7-18(16)14-17)32-22(35)20(9-5-13-31-24(28)29)33-21(34)19(25)8-4-12-30-23(26)27/h2-3,6-7,10-11,14-15,19-20H,4-5,8-9,12-13,25H2,1H3,(H,32,35)(H,33,34)(H4,26,27,30)(H4,28,29,31)/t15-,19-,20-/m0/s1. The summed E-state index contributed by atoms with van der Waals surface area (Å²) in [6.45, 7) is 2.61. The monoisotopic (exact) mass is 483 g/mol. The van der Waals surface area contributed by atoms with E-state index in [0.717, 1.165) is 16.3 Å². The Morgan fingerprint density at radius 2 is 1.43 bits per heavy atom. The number of rotatable bonds is 13. The first-order valence-corrected chi connectivity index (χ1v) is 11.6. The summed E-state index contributed by atoms with van der Waals surface area (Å²) in [4.78, 5) is 33.6. The maximum atomic E-state index is 13.1. The van der Waals surface area contributed by atoms with E-state index in [-0.39, 0.29) is 23.9 Å². The van der Waals surface area contributed by atoms with Gasteiger partial charge in [0.05, 0.1) is 12.1 Å². The normalized spacial score (nSPS) is 13.3. The molecule has 0 fully saturated rings. The number of hydrogen-bond acceptors (Lipinski definition) is 5. The van der Waals surface area contributed by atoms with Gasteiger partial charge in [-0.05, 0) is 55.0 Å². The molecule has 2 aromatic carbocycles. The molecule has 2 aromatic rings. The Hall–Kier alpha value is -3.86. The lowest BCUT2D eigenvalue weighted by Crippen LogP contribution is -2.52. The first-order chi connectivity index (χ1) is 16.7. The van der Waals surface area contributed by atoms with Crippen LogP contribution < -0.4 is 39.3 Å². The fraction of sp³-hybridized carbons (Fsp3) is 0.417. The van der Waals surface area contributed by atoms with Gasteiger partial charge in [-0.15, -0.1) is 0 Å². The molecule has 0 aromatic heterocycles. The SMILES string of the molecule is C[C@H](NC(=O)[C@H](CCCN=C(N)N)NC(=O)[C@@H](N)CCCN=C(N)N)c1ccc2ccccc2c1. The molecule has 11 heteroatoms. The Morgan fingerprint density at radius 1 is 0.829 bits per heavy atom. The van der Waals surface area contributed by atoms with E-state index < -0.39 is 18.0 Å². The van der Waals surface area contributed by atoms with Gasteiger partial charge in [0.15, 0.2) is 11.9 Å². The van der Waals surface area contributed by atoms with E-state index in [0.29, 0.717) is 38.8 Å².